The van der Waals surface area contributed by atoms with E-state index < -0.39 is 40.1 Å². The van der Waals surface area contributed by atoms with Gasteiger partial charge in [-0.15, -0.1) is 0 Å². The number of benzene rings is 2. The summed E-state index contributed by atoms with van der Waals surface area (Å²) < 4.78 is 13.5. The first kappa shape index (κ1) is 24.0. The standard InChI is InChI=1S/C23H20FN5O5S/c1-11-2-8-14(9-3-11)25-16(30)10-15-19(31)29-23(35-15)26-18(12-4-6-13(24)7-5-12)17-20(32)27-22(34)28-21(17)33/h2-9,15,18H,10H2,1H3,(H,25,30)(H,26,29,31)(H3,27,28,32,33,34)/t15-,18+/m0/s1. The van der Waals surface area contributed by atoms with E-state index in [4.69, 9.17) is 0 Å². The number of aromatic nitrogens is 2. The Bertz CT molecular complexity index is 1420. The van der Waals surface area contributed by atoms with Crippen molar-refractivity contribution in [3.63, 3.8) is 0 Å². The number of aryl methyl sites for hydroxylation is 1. The molecule has 0 aliphatic carbocycles. The van der Waals surface area contributed by atoms with Gasteiger partial charge in [-0.05, 0) is 36.8 Å². The number of aromatic amines is 2. The molecule has 1 fully saturated rings. The summed E-state index contributed by atoms with van der Waals surface area (Å²) in [5.41, 5.74) is -0.140. The molecule has 0 bridgehead atoms. The highest BCUT2D eigenvalue weighted by Crippen LogP contribution is 2.31. The van der Waals surface area contributed by atoms with Gasteiger partial charge in [0.25, 0.3) is 5.56 Å². The van der Waals surface area contributed by atoms with E-state index in [9.17, 15) is 28.7 Å². The second kappa shape index (κ2) is 9.97. The first-order valence-electron chi connectivity index (χ1n) is 10.4. The largest absolute Gasteiger partial charge is 0.494 e. The van der Waals surface area contributed by atoms with Gasteiger partial charge in [-0.2, -0.15) is 0 Å². The molecule has 0 radical (unpaired) electrons. The van der Waals surface area contributed by atoms with Crippen LogP contribution in [0.1, 0.15) is 29.2 Å². The van der Waals surface area contributed by atoms with Crippen molar-refractivity contribution in [1.29, 1.82) is 0 Å². The van der Waals surface area contributed by atoms with Gasteiger partial charge in [-0.1, -0.05) is 41.6 Å². The molecule has 3 aromatic rings. The topological polar surface area (TPSA) is 157 Å². The van der Waals surface area contributed by atoms with Gasteiger partial charge in [0.1, 0.15) is 22.7 Å². The summed E-state index contributed by atoms with van der Waals surface area (Å²) >= 11 is 0.984. The second-order valence-corrected chi connectivity index (χ2v) is 8.96. The Hall–Kier alpha value is -4.19. The quantitative estimate of drug-likeness (QED) is 0.350. The minimum atomic E-state index is -1.18. The Morgan fingerprint density at radius 3 is 2.46 bits per heavy atom. The lowest BCUT2D eigenvalue weighted by Gasteiger charge is -2.14. The van der Waals surface area contributed by atoms with Crippen LogP contribution in [-0.2, 0) is 9.59 Å². The number of amides is 2. The normalized spacial score (nSPS) is 17.3. The fourth-order valence-corrected chi connectivity index (χ4v) is 4.42. The molecule has 0 spiro atoms. The van der Waals surface area contributed by atoms with E-state index in [0.29, 0.717) is 11.3 Å². The molecule has 2 atom stereocenters. The molecule has 4 rings (SSSR count). The summed E-state index contributed by atoms with van der Waals surface area (Å²) in [4.78, 5) is 57.4. The zero-order valence-electron chi connectivity index (χ0n) is 18.3. The van der Waals surface area contributed by atoms with Crippen molar-refractivity contribution in [3.8, 4) is 5.88 Å². The number of aromatic hydroxyl groups is 1. The number of hydrogen-bond donors (Lipinski definition) is 5. The lowest BCUT2D eigenvalue weighted by atomic mass is 10.0. The van der Waals surface area contributed by atoms with Gasteiger partial charge in [0, 0.05) is 12.1 Å². The Labute approximate surface area is 201 Å². The molecule has 2 heterocycles. The number of rotatable bonds is 6. The number of nitrogens with zero attached hydrogens (tertiary/aromatic N) is 1. The Morgan fingerprint density at radius 1 is 1.11 bits per heavy atom. The average molecular weight is 498 g/mol. The minimum Gasteiger partial charge on any atom is -0.494 e. The van der Waals surface area contributed by atoms with Gasteiger partial charge in [0.05, 0.1) is 0 Å². The number of halogens is 1. The van der Waals surface area contributed by atoms with Crippen LogP contribution in [0.4, 0.5) is 10.1 Å². The molecule has 35 heavy (non-hydrogen) atoms. The van der Waals surface area contributed by atoms with E-state index >= 15 is 0 Å². The highest BCUT2D eigenvalue weighted by molar-refractivity contribution is 8.15. The minimum absolute atomic E-state index is 0.0995. The summed E-state index contributed by atoms with van der Waals surface area (Å²) in [7, 11) is 0. The number of aliphatic imine (C=N–C) groups is 1. The fraction of sp³-hybridized carbons (Fsp3) is 0.174. The predicted molar refractivity (Wildman–Crippen MR) is 129 cm³/mol. The third kappa shape index (κ3) is 5.66. The van der Waals surface area contributed by atoms with Crippen molar-refractivity contribution < 1.29 is 19.1 Å². The smallest absolute Gasteiger partial charge is 0.328 e. The molecule has 0 unspecified atom stereocenters. The Balaban J connectivity index is 1.58. The number of anilines is 1. The van der Waals surface area contributed by atoms with Gasteiger partial charge in [-0.25, -0.2) is 14.2 Å². The monoisotopic (exact) mass is 497 g/mol. The molecule has 1 aliphatic rings. The molecule has 10 nitrogen and oxygen atoms in total. The van der Waals surface area contributed by atoms with Gasteiger partial charge in [-0.3, -0.25) is 24.4 Å². The lowest BCUT2D eigenvalue weighted by Crippen LogP contribution is -2.29. The van der Waals surface area contributed by atoms with Crippen molar-refractivity contribution in [2.24, 2.45) is 4.99 Å². The van der Waals surface area contributed by atoms with Crippen LogP contribution in [0.25, 0.3) is 0 Å². The van der Waals surface area contributed by atoms with Crippen LogP contribution in [0.2, 0.25) is 0 Å². The highest BCUT2D eigenvalue weighted by Gasteiger charge is 2.33. The summed E-state index contributed by atoms with van der Waals surface area (Å²) in [6.45, 7) is 1.92. The fourth-order valence-electron chi connectivity index (χ4n) is 3.42. The van der Waals surface area contributed by atoms with Crippen LogP contribution in [-0.4, -0.2) is 37.3 Å². The maximum atomic E-state index is 13.5. The van der Waals surface area contributed by atoms with E-state index in [-0.39, 0.29) is 23.1 Å². The maximum Gasteiger partial charge on any atom is 0.328 e. The van der Waals surface area contributed by atoms with Crippen LogP contribution in [0.5, 0.6) is 5.88 Å². The van der Waals surface area contributed by atoms with Crippen LogP contribution in [0.15, 0.2) is 63.1 Å². The zero-order valence-corrected chi connectivity index (χ0v) is 19.1. The van der Waals surface area contributed by atoms with Gasteiger partial charge >= 0.3 is 5.69 Å². The van der Waals surface area contributed by atoms with E-state index in [2.05, 4.69) is 20.6 Å². The number of H-pyrrole nitrogens is 2. The number of hydrogen-bond acceptors (Lipinski definition) is 7. The van der Waals surface area contributed by atoms with Gasteiger partial charge < -0.3 is 15.7 Å². The average Bonchev–Trinajstić information content (AvgIpc) is 3.13. The molecular formula is C23H20FN5O5S. The molecule has 2 amide bonds. The van der Waals surface area contributed by atoms with Gasteiger partial charge in [0.2, 0.25) is 17.7 Å². The van der Waals surface area contributed by atoms with Crippen molar-refractivity contribution >= 4 is 34.4 Å². The number of amidine groups is 1. The van der Waals surface area contributed by atoms with Crippen LogP contribution in [0, 0.1) is 12.7 Å². The summed E-state index contributed by atoms with van der Waals surface area (Å²) in [5, 5.41) is 14.9. The summed E-state index contributed by atoms with van der Waals surface area (Å²) in [6, 6.07) is 11.0. The van der Waals surface area contributed by atoms with E-state index in [1.54, 1.807) is 12.1 Å². The summed E-state index contributed by atoms with van der Waals surface area (Å²) in [6.07, 6.45) is -0.130. The highest BCUT2D eigenvalue weighted by atomic mass is 32.2. The number of thioether (sulfide) groups is 1. The molecular weight excluding hydrogens is 477 g/mol. The van der Waals surface area contributed by atoms with Crippen LogP contribution < -0.4 is 21.9 Å². The van der Waals surface area contributed by atoms with Crippen molar-refractivity contribution in [2.45, 2.75) is 24.6 Å². The molecule has 180 valence electrons. The third-order valence-corrected chi connectivity index (χ3v) is 6.24. The molecule has 2 aromatic carbocycles. The first-order chi connectivity index (χ1) is 16.7. The van der Waals surface area contributed by atoms with Crippen molar-refractivity contribution in [3.05, 3.63) is 91.9 Å². The Morgan fingerprint density at radius 2 is 1.80 bits per heavy atom. The van der Waals surface area contributed by atoms with Crippen LogP contribution >= 0.6 is 11.8 Å². The zero-order chi connectivity index (χ0) is 25.1. The molecule has 12 heteroatoms. The molecule has 5 N–H and O–H groups in total. The van der Waals surface area contributed by atoms with Crippen molar-refractivity contribution in [1.82, 2.24) is 15.3 Å². The molecule has 0 saturated carbocycles. The number of carbonyl (C=O) groups is 2. The first-order valence-corrected chi connectivity index (χ1v) is 11.3. The van der Waals surface area contributed by atoms with Gasteiger partial charge in [0.15, 0.2) is 5.17 Å². The Kier molecular flexibility index (Phi) is 6.82. The maximum absolute atomic E-state index is 13.5. The number of nitrogens with one attached hydrogen (secondary N) is 4. The lowest BCUT2D eigenvalue weighted by molar-refractivity contribution is -0.122. The van der Waals surface area contributed by atoms with E-state index in [0.717, 1.165) is 29.5 Å². The summed E-state index contributed by atoms with van der Waals surface area (Å²) in [5.74, 6) is -2.05. The van der Waals surface area contributed by atoms with Crippen LogP contribution in [0.3, 0.4) is 0 Å². The SMILES string of the molecule is Cc1ccc(NC(=O)C[C@@H]2SC(=N[C@H](c3ccc(F)cc3)c3c(O)[nH]c(=O)[nH]c3=O)NC2=O)cc1. The number of carbonyl (C=O) groups excluding carboxylic acids is 2. The van der Waals surface area contributed by atoms with E-state index in [1.807, 2.05) is 24.0 Å². The van der Waals surface area contributed by atoms with Crippen molar-refractivity contribution in [2.75, 3.05) is 5.32 Å². The molecule has 1 aromatic heterocycles. The molecule has 1 saturated heterocycles. The molecule has 1 aliphatic heterocycles. The van der Waals surface area contributed by atoms with E-state index in [1.165, 1.54) is 12.1 Å². The predicted octanol–water partition coefficient (Wildman–Crippen LogP) is 1.92. The third-order valence-electron chi connectivity index (χ3n) is 5.15. The second-order valence-electron chi connectivity index (χ2n) is 7.77.